The van der Waals surface area contributed by atoms with Crippen molar-refractivity contribution in [3.63, 3.8) is 0 Å². The molecule has 1 aromatic carbocycles. The molecule has 110 valence electrons. The first-order valence-electron chi connectivity index (χ1n) is 6.86. The second kappa shape index (κ2) is 5.94. The summed E-state index contributed by atoms with van der Waals surface area (Å²) >= 11 is 0. The summed E-state index contributed by atoms with van der Waals surface area (Å²) in [6.07, 6.45) is 0.302. The molecule has 4 nitrogen and oxygen atoms in total. The van der Waals surface area contributed by atoms with Crippen molar-refractivity contribution in [2.45, 2.75) is 39.6 Å². The third kappa shape index (κ3) is 4.32. The van der Waals surface area contributed by atoms with Crippen molar-refractivity contribution >= 4 is 5.97 Å². The summed E-state index contributed by atoms with van der Waals surface area (Å²) in [5.41, 5.74) is 0.673. The van der Waals surface area contributed by atoms with Gasteiger partial charge in [-0.15, -0.1) is 0 Å². The monoisotopic (exact) mass is 278 g/mol. The molecule has 0 radical (unpaired) electrons. The maximum atomic E-state index is 11.9. The highest BCUT2D eigenvalue weighted by molar-refractivity contribution is 5.70. The fraction of sp³-hybridized carbons (Fsp3) is 0.562. The van der Waals surface area contributed by atoms with E-state index in [0.717, 1.165) is 5.56 Å². The normalized spacial score (nSPS) is 20.4. The largest absolute Gasteiger partial charge is 0.461 e. The van der Waals surface area contributed by atoms with Gasteiger partial charge >= 0.3 is 5.97 Å². The lowest BCUT2D eigenvalue weighted by Crippen LogP contribution is -2.46. The second-order valence-corrected chi connectivity index (χ2v) is 6.11. The Bertz CT molecular complexity index is 443. The number of carbonyl (C=O) groups is 1. The van der Waals surface area contributed by atoms with Crippen LogP contribution in [0.25, 0.3) is 0 Å². The van der Waals surface area contributed by atoms with Crippen molar-refractivity contribution in [2.75, 3.05) is 13.2 Å². The van der Waals surface area contributed by atoms with E-state index in [-0.39, 0.29) is 11.4 Å². The molecule has 0 saturated carbocycles. The summed E-state index contributed by atoms with van der Waals surface area (Å²) in [4.78, 5) is 11.9. The average molecular weight is 278 g/mol. The first-order chi connectivity index (χ1) is 9.39. The van der Waals surface area contributed by atoms with Crippen molar-refractivity contribution in [1.29, 1.82) is 0 Å². The summed E-state index contributed by atoms with van der Waals surface area (Å²) in [7, 11) is 0. The van der Waals surface area contributed by atoms with Crippen molar-refractivity contribution in [2.24, 2.45) is 5.41 Å². The maximum Gasteiger partial charge on any atom is 0.306 e. The molecule has 0 N–H and O–H groups in total. The topological polar surface area (TPSA) is 44.8 Å². The quantitative estimate of drug-likeness (QED) is 0.794. The predicted molar refractivity (Wildman–Crippen MR) is 74.9 cm³/mol. The van der Waals surface area contributed by atoms with E-state index in [1.165, 1.54) is 0 Å². The Morgan fingerprint density at radius 1 is 1.15 bits per heavy atom. The number of benzene rings is 1. The fourth-order valence-electron chi connectivity index (χ4n) is 2.02. The van der Waals surface area contributed by atoms with E-state index in [1.807, 2.05) is 51.1 Å². The van der Waals surface area contributed by atoms with Gasteiger partial charge in [0.05, 0.1) is 19.6 Å². The van der Waals surface area contributed by atoms with Crippen molar-refractivity contribution in [3.8, 4) is 0 Å². The summed E-state index contributed by atoms with van der Waals surface area (Å²) in [5.74, 6) is -0.781. The van der Waals surface area contributed by atoms with Gasteiger partial charge in [0.1, 0.15) is 6.61 Å². The van der Waals surface area contributed by atoms with E-state index in [4.69, 9.17) is 14.2 Å². The summed E-state index contributed by atoms with van der Waals surface area (Å²) in [6, 6.07) is 9.66. The number of ether oxygens (including phenoxy) is 3. The lowest BCUT2D eigenvalue weighted by atomic mass is 9.88. The summed E-state index contributed by atoms with van der Waals surface area (Å²) in [5, 5.41) is 0. The highest BCUT2D eigenvalue weighted by atomic mass is 16.7. The number of hydrogen-bond donors (Lipinski definition) is 0. The van der Waals surface area contributed by atoms with Crippen LogP contribution in [0.1, 0.15) is 32.8 Å². The molecule has 1 aliphatic heterocycles. The number of carbonyl (C=O) groups excluding carboxylic acids is 1. The number of rotatable bonds is 4. The van der Waals surface area contributed by atoms with Crippen LogP contribution < -0.4 is 0 Å². The Balaban J connectivity index is 1.80. The van der Waals surface area contributed by atoms with E-state index in [9.17, 15) is 4.79 Å². The zero-order valence-electron chi connectivity index (χ0n) is 12.3. The third-order valence-corrected chi connectivity index (χ3v) is 3.35. The Hall–Kier alpha value is -1.39. The molecule has 0 bridgehead atoms. The maximum absolute atomic E-state index is 11.9. The minimum atomic E-state index is -0.562. The van der Waals surface area contributed by atoms with Gasteiger partial charge in [-0.25, -0.2) is 0 Å². The van der Waals surface area contributed by atoms with E-state index >= 15 is 0 Å². The van der Waals surface area contributed by atoms with Crippen LogP contribution in [0.15, 0.2) is 30.3 Å². The predicted octanol–water partition coefficient (Wildman–Crippen LogP) is 2.91. The zero-order valence-corrected chi connectivity index (χ0v) is 12.3. The first-order valence-corrected chi connectivity index (χ1v) is 6.86. The fourth-order valence-corrected chi connectivity index (χ4v) is 2.02. The molecule has 1 saturated heterocycles. The van der Waals surface area contributed by atoms with Gasteiger partial charge in [0, 0.05) is 5.41 Å². The highest BCUT2D eigenvalue weighted by Crippen LogP contribution is 2.32. The Kier molecular flexibility index (Phi) is 4.45. The van der Waals surface area contributed by atoms with Gasteiger partial charge in [-0.3, -0.25) is 4.79 Å². The third-order valence-electron chi connectivity index (χ3n) is 3.35. The SMILES string of the molecule is CC1(CC(=O)OCc2ccccc2)COC(C)(C)OC1. The molecule has 0 spiro atoms. The Morgan fingerprint density at radius 3 is 2.35 bits per heavy atom. The van der Waals surface area contributed by atoms with Crippen LogP contribution in [-0.4, -0.2) is 25.0 Å². The van der Waals surface area contributed by atoms with Gasteiger partial charge in [-0.05, 0) is 19.4 Å². The van der Waals surface area contributed by atoms with Gasteiger partial charge in [0.15, 0.2) is 5.79 Å². The van der Waals surface area contributed by atoms with Crippen LogP contribution >= 0.6 is 0 Å². The molecule has 4 heteroatoms. The van der Waals surface area contributed by atoms with E-state index in [2.05, 4.69) is 0 Å². The average Bonchev–Trinajstić information content (AvgIpc) is 2.42. The minimum Gasteiger partial charge on any atom is -0.461 e. The second-order valence-electron chi connectivity index (χ2n) is 6.11. The minimum absolute atomic E-state index is 0.219. The molecule has 1 fully saturated rings. The molecular weight excluding hydrogens is 256 g/mol. The molecule has 20 heavy (non-hydrogen) atoms. The van der Waals surface area contributed by atoms with Crippen LogP contribution in [0.3, 0.4) is 0 Å². The van der Waals surface area contributed by atoms with E-state index in [0.29, 0.717) is 26.2 Å². The molecule has 2 rings (SSSR count). The molecule has 0 unspecified atom stereocenters. The molecule has 1 aromatic rings. The molecule has 0 aromatic heterocycles. The lowest BCUT2D eigenvalue weighted by Gasteiger charge is -2.40. The van der Waals surface area contributed by atoms with Crippen LogP contribution in [0.5, 0.6) is 0 Å². The van der Waals surface area contributed by atoms with Gasteiger partial charge in [0.25, 0.3) is 0 Å². The van der Waals surface area contributed by atoms with Crippen LogP contribution in [0.2, 0.25) is 0 Å². The zero-order chi connectivity index (χ0) is 14.6. The smallest absolute Gasteiger partial charge is 0.306 e. The summed E-state index contributed by atoms with van der Waals surface area (Å²) in [6.45, 7) is 7.04. The van der Waals surface area contributed by atoms with Gasteiger partial charge in [-0.2, -0.15) is 0 Å². The highest BCUT2D eigenvalue weighted by Gasteiger charge is 2.38. The number of esters is 1. The molecule has 1 aliphatic rings. The molecule has 1 heterocycles. The summed E-state index contributed by atoms with van der Waals surface area (Å²) < 4.78 is 16.5. The van der Waals surface area contributed by atoms with Crippen LogP contribution in [-0.2, 0) is 25.6 Å². The van der Waals surface area contributed by atoms with Crippen LogP contribution in [0.4, 0.5) is 0 Å². The lowest BCUT2D eigenvalue weighted by molar-refractivity contribution is -0.283. The molecular formula is C16H22O4. The molecule has 0 atom stereocenters. The number of hydrogen-bond acceptors (Lipinski definition) is 4. The van der Waals surface area contributed by atoms with Gasteiger partial charge < -0.3 is 14.2 Å². The Labute approximate surface area is 120 Å². The Morgan fingerprint density at radius 2 is 1.75 bits per heavy atom. The van der Waals surface area contributed by atoms with Gasteiger partial charge in [-0.1, -0.05) is 37.3 Å². The first kappa shape index (κ1) is 15.0. The van der Waals surface area contributed by atoms with E-state index < -0.39 is 5.79 Å². The van der Waals surface area contributed by atoms with Crippen LogP contribution in [0, 0.1) is 5.41 Å². The van der Waals surface area contributed by atoms with Crippen molar-refractivity contribution < 1.29 is 19.0 Å². The van der Waals surface area contributed by atoms with E-state index in [1.54, 1.807) is 0 Å². The van der Waals surface area contributed by atoms with Crippen molar-refractivity contribution in [3.05, 3.63) is 35.9 Å². The van der Waals surface area contributed by atoms with Crippen molar-refractivity contribution in [1.82, 2.24) is 0 Å². The molecule has 0 amide bonds. The van der Waals surface area contributed by atoms with Gasteiger partial charge in [0.2, 0.25) is 0 Å². The standard InChI is InChI=1S/C16H22O4/c1-15(2)19-11-16(3,12-20-15)9-14(17)18-10-13-7-5-4-6-8-13/h4-8H,9-12H2,1-3H3. The molecule has 0 aliphatic carbocycles.